The van der Waals surface area contributed by atoms with Gasteiger partial charge < -0.3 is 23.9 Å². The first-order valence-corrected chi connectivity index (χ1v) is 11.4. The van der Waals surface area contributed by atoms with Gasteiger partial charge in [-0.05, 0) is 43.0 Å². The smallest absolute Gasteiger partial charge is 0.409 e. The number of nitrogens with zero attached hydrogens (tertiary/aromatic N) is 2. The molecule has 34 heavy (non-hydrogen) atoms. The summed E-state index contributed by atoms with van der Waals surface area (Å²) in [6.45, 7) is 2.71. The first-order valence-electron chi connectivity index (χ1n) is 11.4. The topological polar surface area (TPSA) is 102 Å². The van der Waals surface area contributed by atoms with Crippen molar-refractivity contribution in [3.8, 4) is 22.6 Å². The van der Waals surface area contributed by atoms with Gasteiger partial charge in [-0.3, -0.25) is 0 Å². The number of ether oxygens (including phenoxy) is 2. The van der Waals surface area contributed by atoms with Crippen molar-refractivity contribution in [2.24, 2.45) is 0 Å². The monoisotopic (exact) mass is 464 g/mol. The second-order valence-electron chi connectivity index (χ2n) is 8.22. The summed E-state index contributed by atoms with van der Waals surface area (Å²) in [6.07, 6.45) is 1.13. The lowest BCUT2D eigenvalue weighted by molar-refractivity contribution is -0.145. The van der Waals surface area contributed by atoms with Crippen LogP contribution in [0.4, 0.5) is 4.79 Å². The molecule has 0 saturated carbocycles. The fraction of sp³-hybridized carbons (Fsp3) is 0.346. The Kier molecular flexibility index (Phi) is 7.59. The number of hydrogen-bond acceptors (Lipinski definition) is 6. The van der Waals surface area contributed by atoms with Gasteiger partial charge in [0.15, 0.2) is 0 Å². The molecule has 1 aliphatic heterocycles. The predicted molar refractivity (Wildman–Crippen MR) is 125 cm³/mol. The molecule has 0 spiro atoms. The Morgan fingerprint density at radius 1 is 1.03 bits per heavy atom. The van der Waals surface area contributed by atoms with Crippen molar-refractivity contribution in [2.45, 2.75) is 32.3 Å². The van der Waals surface area contributed by atoms with Gasteiger partial charge in [0.25, 0.3) is 0 Å². The summed E-state index contributed by atoms with van der Waals surface area (Å²) in [5.41, 5.74) is 3.92. The summed E-state index contributed by atoms with van der Waals surface area (Å²) in [6, 6.07) is 18.2. The number of oxazole rings is 1. The molecule has 8 nitrogen and oxygen atoms in total. The zero-order valence-corrected chi connectivity index (χ0v) is 19.1. The number of aryl methyl sites for hydroxylation is 1. The normalized spacial score (nSPS) is 14.2. The van der Waals surface area contributed by atoms with Gasteiger partial charge in [0.05, 0.1) is 18.4 Å². The SMILES string of the molecule is Cc1oc(-c2ccc(-c3ccccc3)cc2)nc1CCOC(=O)N1CCC(OCC(=O)O)CC1. The van der Waals surface area contributed by atoms with Gasteiger partial charge in [0.1, 0.15) is 12.4 Å². The Balaban J connectivity index is 1.26. The molecular weight excluding hydrogens is 436 g/mol. The largest absolute Gasteiger partial charge is 0.480 e. The van der Waals surface area contributed by atoms with Crippen LogP contribution in [0.1, 0.15) is 24.3 Å². The number of carboxylic acid groups (broad SMARTS) is 1. The molecule has 0 aliphatic carbocycles. The van der Waals surface area contributed by atoms with Crippen molar-refractivity contribution in [3.05, 3.63) is 66.1 Å². The summed E-state index contributed by atoms with van der Waals surface area (Å²) >= 11 is 0. The molecule has 0 atom stereocenters. The molecule has 178 valence electrons. The Morgan fingerprint density at radius 2 is 1.68 bits per heavy atom. The number of aliphatic carboxylic acids is 1. The lowest BCUT2D eigenvalue weighted by Gasteiger charge is -2.30. The number of rotatable bonds is 8. The maximum atomic E-state index is 12.3. The van der Waals surface area contributed by atoms with E-state index in [2.05, 4.69) is 17.1 Å². The summed E-state index contributed by atoms with van der Waals surface area (Å²) in [7, 11) is 0. The summed E-state index contributed by atoms with van der Waals surface area (Å²) in [5, 5.41) is 8.69. The van der Waals surface area contributed by atoms with Crippen LogP contribution in [0.15, 0.2) is 59.0 Å². The fourth-order valence-electron chi connectivity index (χ4n) is 3.94. The molecule has 1 N–H and O–H groups in total. The highest BCUT2D eigenvalue weighted by molar-refractivity contribution is 5.69. The summed E-state index contributed by atoms with van der Waals surface area (Å²) < 4.78 is 16.6. The van der Waals surface area contributed by atoms with Crippen molar-refractivity contribution in [1.82, 2.24) is 9.88 Å². The van der Waals surface area contributed by atoms with E-state index in [1.165, 1.54) is 0 Å². The molecule has 3 aromatic rings. The van der Waals surface area contributed by atoms with Crippen molar-refractivity contribution in [3.63, 3.8) is 0 Å². The lowest BCUT2D eigenvalue weighted by atomic mass is 10.0. The molecule has 0 radical (unpaired) electrons. The van der Waals surface area contributed by atoms with Crippen molar-refractivity contribution < 1.29 is 28.6 Å². The van der Waals surface area contributed by atoms with Crippen molar-refractivity contribution in [2.75, 3.05) is 26.3 Å². The van der Waals surface area contributed by atoms with Crippen molar-refractivity contribution in [1.29, 1.82) is 0 Å². The second kappa shape index (κ2) is 11.0. The molecule has 1 aliphatic rings. The van der Waals surface area contributed by atoms with E-state index in [9.17, 15) is 9.59 Å². The number of carbonyl (C=O) groups is 2. The van der Waals surface area contributed by atoms with Crippen LogP contribution in [0, 0.1) is 6.92 Å². The number of hydrogen-bond donors (Lipinski definition) is 1. The molecule has 4 rings (SSSR count). The fourth-order valence-corrected chi connectivity index (χ4v) is 3.94. The van der Waals surface area contributed by atoms with Gasteiger partial charge in [-0.1, -0.05) is 42.5 Å². The number of aromatic nitrogens is 1. The number of piperidine rings is 1. The molecule has 1 amide bonds. The Morgan fingerprint density at radius 3 is 2.35 bits per heavy atom. The minimum absolute atomic E-state index is 0.141. The van der Waals surface area contributed by atoms with E-state index >= 15 is 0 Å². The lowest BCUT2D eigenvalue weighted by Crippen LogP contribution is -2.41. The highest BCUT2D eigenvalue weighted by Gasteiger charge is 2.24. The molecule has 1 saturated heterocycles. The third kappa shape index (κ3) is 6.02. The van der Waals surface area contributed by atoms with E-state index in [1.807, 2.05) is 49.4 Å². The average molecular weight is 465 g/mol. The quantitative estimate of drug-likeness (QED) is 0.521. The molecule has 2 aromatic carbocycles. The summed E-state index contributed by atoms with van der Waals surface area (Å²) in [5.74, 6) is 0.258. The molecular formula is C26H28N2O6. The Labute approximate surface area is 198 Å². The number of amides is 1. The molecule has 8 heteroatoms. The van der Waals surface area contributed by atoms with Crippen LogP contribution < -0.4 is 0 Å². The van der Waals surface area contributed by atoms with Gasteiger partial charge in [-0.25, -0.2) is 14.6 Å². The van der Waals surface area contributed by atoms with Crippen LogP contribution in [0.25, 0.3) is 22.6 Å². The zero-order chi connectivity index (χ0) is 23.9. The van der Waals surface area contributed by atoms with E-state index in [1.54, 1.807) is 4.90 Å². The van der Waals surface area contributed by atoms with Crippen LogP contribution in [0.3, 0.4) is 0 Å². The molecule has 0 bridgehead atoms. The van der Waals surface area contributed by atoms with Gasteiger partial charge in [0, 0.05) is 25.1 Å². The molecule has 2 heterocycles. The van der Waals surface area contributed by atoms with E-state index < -0.39 is 5.97 Å². The standard InChI is InChI=1S/C26H28N2O6/c1-18-23(13-16-32-26(31)28-14-11-22(12-15-28)33-17-24(29)30)27-25(34-18)21-9-7-20(8-10-21)19-5-3-2-4-6-19/h2-10,22H,11-17H2,1H3,(H,29,30). The van der Waals surface area contributed by atoms with Gasteiger partial charge in [-0.2, -0.15) is 0 Å². The minimum Gasteiger partial charge on any atom is -0.480 e. The Hall–Kier alpha value is -3.65. The predicted octanol–water partition coefficient (Wildman–Crippen LogP) is 4.56. The maximum Gasteiger partial charge on any atom is 0.409 e. The molecule has 1 fully saturated rings. The van der Waals surface area contributed by atoms with Gasteiger partial charge in [0.2, 0.25) is 5.89 Å². The van der Waals surface area contributed by atoms with Crippen LogP contribution in [-0.4, -0.2) is 59.5 Å². The average Bonchev–Trinajstić information content (AvgIpc) is 3.24. The molecule has 1 aromatic heterocycles. The first-order chi connectivity index (χ1) is 16.5. The summed E-state index contributed by atoms with van der Waals surface area (Å²) in [4.78, 5) is 29.2. The zero-order valence-electron chi connectivity index (χ0n) is 19.1. The van der Waals surface area contributed by atoms with Crippen LogP contribution >= 0.6 is 0 Å². The highest BCUT2D eigenvalue weighted by Crippen LogP contribution is 2.26. The van der Waals surface area contributed by atoms with E-state index in [-0.39, 0.29) is 25.4 Å². The second-order valence-corrected chi connectivity index (χ2v) is 8.22. The van der Waals surface area contributed by atoms with E-state index in [0.717, 1.165) is 22.4 Å². The number of carboxylic acids is 1. The number of benzene rings is 2. The van der Waals surface area contributed by atoms with Crippen molar-refractivity contribution >= 4 is 12.1 Å². The third-order valence-corrected chi connectivity index (χ3v) is 5.84. The Bertz CT molecular complexity index is 1100. The minimum atomic E-state index is -0.989. The number of carbonyl (C=O) groups excluding carboxylic acids is 1. The number of likely N-dealkylation sites (tertiary alicyclic amines) is 1. The van der Waals surface area contributed by atoms with E-state index in [4.69, 9.17) is 19.0 Å². The maximum absolute atomic E-state index is 12.3. The first kappa shape index (κ1) is 23.5. The van der Waals surface area contributed by atoms with Gasteiger partial charge >= 0.3 is 12.1 Å². The third-order valence-electron chi connectivity index (χ3n) is 5.84. The van der Waals surface area contributed by atoms with Crippen LogP contribution in [-0.2, 0) is 20.7 Å². The van der Waals surface area contributed by atoms with Gasteiger partial charge in [-0.15, -0.1) is 0 Å². The van der Waals surface area contributed by atoms with Crippen LogP contribution in [0.2, 0.25) is 0 Å². The van der Waals surface area contributed by atoms with Crippen LogP contribution in [0.5, 0.6) is 0 Å². The van der Waals surface area contributed by atoms with E-state index in [0.29, 0.717) is 44.0 Å². The highest BCUT2D eigenvalue weighted by atomic mass is 16.6. The molecule has 0 unspecified atom stereocenters.